The number of nitrogens with two attached hydrogens (primary N) is 1. The van der Waals surface area contributed by atoms with E-state index in [1.165, 1.54) is 12.3 Å². The van der Waals surface area contributed by atoms with Gasteiger partial charge in [0, 0.05) is 17.3 Å². The molecule has 2 aromatic rings. The number of aliphatic hydroxyl groups excluding tert-OH is 1. The van der Waals surface area contributed by atoms with Gasteiger partial charge in [-0.3, -0.25) is 0 Å². The average molecular weight is 218 g/mol. The van der Waals surface area contributed by atoms with Crippen LogP contribution < -0.4 is 5.73 Å². The van der Waals surface area contributed by atoms with Gasteiger partial charge in [-0.15, -0.1) is 0 Å². The van der Waals surface area contributed by atoms with Crippen LogP contribution in [0.3, 0.4) is 0 Å². The lowest BCUT2D eigenvalue weighted by molar-refractivity contribution is 0.281. The Balaban J connectivity index is 2.59. The Kier molecular flexibility index (Phi) is 2.83. The number of nitrogen functional groups attached to an aromatic ring is 1. The van der Waals surface area contributed by atoms with E-state index in [4.69, 9.17) is 10.8 Å². The Morgan fingerprint density at radius 3 is 2.69 bits per heavy atom. The zero-order chi connectivity index (χ0) is 11.5. The molecule has 0 unspecified atom stereocenters. The predicted molar refractivity (Wildman–Crippen MR) is 60.0 cm³/mol. The molecule has 0 saturated carbocycles. The highest BCUT2D eigenvalue weighted by Crippen LogP contribution is 2.27. The molecule has 0 bridgehead atoms. The second-order valence-electron chi connectivity index (χ2n) is 3.41. The maximum Gasteiger partial charge on any atom is 0.131 e. The molecule has 82 valence electrons. The maximum absolute atomic E-state index is 13.5. The van der Waals surface area contributed by atoms with E-state index in [0.29, 0.717) is 16.7 Å². The van der Waals surface area contributed by atoms with Gasteiger partial charge in [0.05, 0.1) is 6.61 Å². The third-order valence-electron chi connectivity index (χ3n) is 2.32. The number of pyridine rings is 1. The molecule has 0 atom stereocenters. The minimum Gasteiger partial charge on any atom is -0.392 e. The van der Waals surface area contributed by atoms with Gasteiger partial charge < -0.3 is 10.8 Å². The molecule has 3 nitrogen and oxygen atoms in total. The SMILES string of the molecule is Nc1ncc(CO)cc1-c1ccccc1F. The summed E-state index contributed by atoms with van der Waals surface area (Å²) in [5.41, 5.74) is 7.19. The minimum atomic E-state index is -0.355. The van der Waals surface area contributed by atoms with E-state index in [9.17, 15) is 4.39 Å². The Morgan fingerprint density at radius 1 is 1.25 bits per heavy atom. The van der Waals surface area contributed by atoms with Crippen LogP contribution in [0.15, 0.2) is 36.5 Å². The number of hydrogen-bond acceptors (Lipinski definition) is 3. The normalized spacial score (nSPS) is 10.4. The van der Waals surface area contributed by atoms with Crippen molar-refractivity contribution in [3.63, 3.8) is 0 Å². The summed E-state index contributed by atoms with van der Waals surface area (Å²) in [6.07, 6.45) is 1.47. The van der Waals surface area contributed by atoms with Crippen LogP contribution in [0.1, 0.15) is 5.56 Å². The lowest BCUT2D eigenvalue weighted by atomic mass is 10.0. The van der Waals surface area contributed by atoms with E-state index in [1.807, 2.05) is 0 Å². The molecule has 0 saturated heterocycles. The zero-order valence-corrected chi connectivity index (χ0v) is 8.52. The monoisotopic (exact) mass is 218 g/mol. The summed E-state index contributed by atoms with van der Waals surface area (Å²) in [6.45, 7) is -0.144. The first-order chi connectivity index (χ1) is 7.72. The largest absolute Gasteiger partial charge is 0.392 e. The second kappa shape index (κ2) is 4.28. The summed E-state index contributed by atoms with van der Waals surface area (Å²) in [6, 6.07) is 7.97. The van der Waals surface area contributed by atoms with Gasteiger partial charge in [0.25, 0.3) is 0 Å². The van der Waals surface area contributed by atoms with Crippen molar-refractivity contribution in [3.05, 3.63) is 47.9 Å². The fraction of sp³-hybridized carbons (Fsp3) is 0.0833. The van der Waals surface area contributed by atoms with E-state index < -0.39 is 0 Å². The highest BCUT2D eigenvalue weighted by Gasteiger charge is 2.09. The summed E-state index contributed by atoms with van der Waals surface area (Å²) in [5.74, 6) is -0.103. The first-order valence-corrected chi connectivity index (χ1v) is 4.82. The molecule has 0 aliphatic rings. The standard InChI is InChI=1S/C12H11FN2O/c13-11-4-2-1-3-9(11)10-5-8(7-16)6-15-12(10)14/h1-6,16H,7H2,(H2,14,15). The first kappa shape index (κ1) is 10.6. The number of hydrogen-bond donors (Lipinski definition) is 2. The topological polar surface area (TPSA) is 59.1 Å². The molecule has 16 heavy (non-hydrogen) atoms. The molecule has 1 aromatic carbocycles. The van der Waals surface area contributed by atoms with Gasteiger partial charge in [0.2, 0.25) is 0 Å². The fourth-order valence-electron chi connectivity index (χ4n) is 1.50. The van der Waals surface area contributed by atoms with Gasteiger partial charge in [-0.05, 0) is 17.7 Å². The third kappa shape index (κ3) is 1.87. The number of aliphatic hydroxyl groups is 1. The summed E-state index contributed by atoms with van der Waals surface area (Å²) in [4.78, 5) is 3.92. The van der Waals surface area contributed by atoms with E-state index in [2.05, 4.69) is 4.98 Å². The maximum atomic E-state index is 13.5. The van der Waals surface area contributed by atoms with Gasteiger partial charge >= 0.3 is 0 Å². The van der Waals surface area contributed by atoms with Crippen molar-refractivity contribution in [2.45, 2.75) is 6.61 Å². The van der Waals surface area contributed by atoms with Crippen molar-refractivity contribution in [3.8, 4) is 11.1 Å². The molecule has 3 N–H and O–H groups in total. The number of aromatic nitrogens is 1. The smallest absolute Gasteiger partial charge is 0.131 e. The van der Waals surface area contributed by atoms with Gasteiger partial charge in [-0.25, -0.2) is 9.37 Å². The summed E-state index contributed by atoms with van der Waals surface area (Å²) in [7, 11) is 0. The third-order valence-corrected chi connectivity index (χ3v) is 2.32. The molecule has 2 rings (SSSR count). The number of nitrogens with zero attached hydrogens (tertiary/aromatic N) is 1. The molecule has 0 fully saturated rings. The molecule has 4 heteroatoms. The van der Waals surface area contributed by atoms with Gasteiger partial charge in [0.1, 0.15) is 11.6 Å². The van der Waals surface area contributed by atoms with Gasteiger partial charge in [-0.2, -0.15) is 0 Å². The molecule has 1 aromatic heterocycles. The van der Waals surface area contributed by atoms with Crippen molar-refractivity contribution in [1.82, 2.24) is 4.98 Å². The highest BCUT2D eigenvalue weighted by atomic mass is 19.1. The molecular weight excluding hydrogens is 207 g/mol. The number of anilines is 1. The van der Waals surface area contributed by atoms with E-state index >= 15 is 0 Å². The van der Waals surface area contributed by atoms with Crippen LogP contribution in [-0.4, -0.2) is 10.1 Å². The molecule has 0 spiro atoms. The van der Waals surface area contributed by atoms with Crippen LogP contribution in [0, 0.1) is 5.82 Å². The van der Waals surface area contributed by atoms with Crippen molar-refractivity contribution < 1.29 is 9.50 Å². The zero-order valence-electron chi connectivity index (χ0n) is 8.52. The Bertz CT molecular complexity index is 514. The van der Waals surface area contributed by atoms with E-state index in [1.54, 1.807) is 24.3 Å². The van der Waals surface area contributed by atoms with Crippen LogP contribution >= 0.6 is 0 Å². The lowest BCUT2D eigenvalue weighted by Crippen LogP contribution is -1.97. The number of rotatable bonds is 2. The van der Waals surface area contributed by atoms with E-state index in [0.717, 1.165) is 0 Å². The molecule has 0 aliphatic carbocycles. The fourth-order valence-corrected chi connectivity index (χ4v) is 1.50. The van der Waals surface area contributed by atoms with Crippen LogP contribution in [0.4, 0.5) is 10.2 Å². The highest BCUT2D eigenvalue weighted by molar-refractivity contribution is 5.74. The predicted octanol–water partition coefficient (Wildman–Crippen LogP) is 1.96. The Labute approximate surface area is 92.4 Å². The lowest BCUT2D eigenvalue weighted by Gasteiger charge is -2.07. The van der Waals surface area contributed by atoms with Crippen molar-refractivity contribution in [2.24, 2.45) is 0 Å². The molecule has 1 heterocycles. The first-order valence-electron chi connectivity index (χ1n) is 4.82. The van der Waals surface area contributed by atoms with Gasteiger partial charge in [-0.1, -0.05) is 18.2 Å². The molecule has 0 aliphatic heterocycles. The Hall–Kier alpha value is -1.94. The minimum absolute atomic E-state index is 0.144. The van der Waals surface area contributed by atoms with Crippen LogP contribution in [-0.2, 0) is 6.61 Å². The molecular formula is C12H11FN2O. The summed E-state index contributed by atoms with van der Waals surface area (Å²) >= 11 is 0. The molecule has 0 amide bonds. The van der Waals surface area contributed by atoms with Crippen LogP contribution in [0.2, 0.25) is 0 Å². The van der Waals surface area contributed by atoms with Gasteiger partial charge in [0.15, 0.2) is 0 Å². The van der Waals surface area contributed by atoms with Crippen molar-refractivity contribution >= 4 is 5.82 Å². The van der Waals surface area contributed by atoms with E-state index in [-0.39, 0.29) is 18.2 Å². The van der Waals surface area contributed by atoms with Crippen molar-refractivity contribution in [2.75, 3.05) is 5.73 Å². The number of benzene rings is 1. The second-order valence-corrected chi connectivity index (χ2v) is 3.41. The quantitative estimate of drug-likeness (QED) is 0.810. The average Bonchev–Trinajstić information content (AvgIpc) is 2.31. The molecule has 0 radical (unpaired) electrons. The van der Waals surface area contributed by atoms with Crippen LogP contribution in [0.5, 0.6) is 0 Å². The summed E-state index contributed by atoms with van der Waals surface area (Å²) < 4.78 is 13.5. The summed E-state index contributed by atoms with van der Waals surface area (Å²) in [5, 5.41) is 8.99. The number of halogens is 1. The Morgan fingerprint density at radius 2 is 2.00 bits per heavy atom. The van der Waals surface area contributed by atoms with Crippen LogP contribution in [0.25, 0.3) is 11.1 Å². The van der Waals surface area contributed by atoms with Crippen molar-refractivity contribution in [1.29, 1.82) is 0 Å².